The van der Waals surface area contributed by atoms with E-state index in [-0.39, 0.29) is 11.3 Å². The summed E-state index contributed by atoms with van der Waals surface area (Å²) in [7, 11) is 0. The molecular formula is C17H15ClF2. The topological polar surface area (TPSA) is 0 Å². The summed E-state index contributed by atoms with van der Waals surface area (Å²) in [5.74, 6) is -0.832. The Balaban J connectivity index is 1.83. The van der Waals surface area contributed by atoms with Gasteiger partial charge in [0, 0.05) is 6.07 Å². The molecule has 0 saturated heterocycles. The number of aryl methyl sites for hydroxylation is 1. The van der Waals surface area contributed by atoms with Gasteiger partial charge in [-0.3, -0.25) is 0 Å². The van der Waals surface area contributed by atoms with Gasteiger partial charge in [0.1, 0.15) is 11.6 Å². The fourth-order valence-corrected chi connectivity index (χ4v) is 3.38. The molecule has 0 bridgehead atoms. The molecule has 0 fully saturated rings. The molecule has 0 aromatic heterocycles. The highest BCUT2D eigenvalue weighted by atomic mass is 35.5. The minimum atomic E-state index is -0.539. The number of hydrogen-bond donors (Lipinski definition) is 0. The number of hydrogen-bond acceptors (Lipinski definition) is 0. The largest absolute Gasteiger partial charge is 0.207 e. The van der Waals surface area contributed by atoms with E-state index in [1.807, 2.05) is 18.2 Å². The third-order valence-corrected chi connectivity index (χ3v) is 4.64. The second-order valence-corrected chi connectivity index (χ2v) is 5.81. The normalized spacial score (nSPS) is 21.6. The van der Waals surface area contributed by atoms with Crippen molar-refractivity contribution in [1.29, 1.82) is 0 Å². The van der Waals surface area contributed by atoms with Crippen molar-refractivity contribution in [2.24, 2.45) is 5.92 Å². The van der Waals surface area contributed by atoms with Crippen LogP contribution in [0.25, 0.3) is 0 Å². The molecule has 0 amide bonds. The van der Waals surface area contributed by atoms with E-state index in [0.717, 1.165) is 24.5 Å². The van der Waals surface area contributed by atoms with Gasteiger partial charge in [0.2, 0.25) is 0 Å². The van der Waals surface area contributed by atoms with Crippen molar-refractivity contribution in [3.05, 3.63) is 70.8 Å². The standard InChI is InChI=1S/C17H15ClF2/c18-17-13(6-5-11-3-1-2-4-15(11)17)9-12-7-8-14(19)10-16(12)20/h1-4,7-8,10,13,17H,5-6,9H2. The Morgan fingerprint density at radius 1 is 1.10 bits per heavy atom. The maximum atomic E-state index is 13.7. The lowest BCUT2D eigenvalue weighted by atomic mass is 9.80. The second-order valence-electron chi connectivity index (χ2n) is 5.34. The summed E-state index contributed by atoms with van der Waals surface area (Å²) in [5.41, 5.74) is 2.97. The monoisotopic (exact) mass is 292 g/mol. The summed E-state index contributed by atoms with van der Waals surface area (Å²) in [6, 6.07) is 11.9. The Morgan fingerprint density at radius 2 is 1.90 bits per heavy atom. The molecule has 1 aliphatic rings. The lowest BCUT2D eigenvalue weighted by Crippen LogP contribution is -2.19. The lowest BCUT2D eigenvalue weighted by Gasteiger charge is -2.29. The first kappa shape index (κ1) is 13.6. The summed E-state index contributed by atoms with van der Waals surface area (Å²) >= 11 is 6.55. The van der Waals surface area contributed by atoms with Crippen molar-refractivity contribution in [2.75, 3.05) is 0 Å². The van der Waals surface area contributed by atoms with Crippen LogP contribution in [0.3, 0.4) is 0 Å². The van der Waals surface area contributed by atoms with E-state index in [9.17, 15) is 8.78 Å². The molecule has 0 radical (unpaired) electrons. The van der Waals surface area contributed by atoms with Gasteiger partial charge in [0.05, 0.1) is 5.38 Å². The Labute approximate surface area is 122 Å². The van der Waals surface area contributed by atoms with Crippen molar-refractivity contribution in [3.63, 3.8) is 0 Å². The Bertz CT molecular complexity index is 624. The van der Waals surface area contributed by atoms with Crippen LogP contribution in [0.2, 0.25) is 0 Å². The molecule has 1 aliphatic carbocycles. The number of alkyl halides is 1. The average molecular weight is 293 g/mol. The quantitative estimate of drug-likeness (QED) is 0.680. The van der Waals surface area contributed by atoms with Gasteiger partial charge in [-0.1, -0.05) is 30.3 Å². The number of rotatable bonds is 2. The Kier molecular flexibility index (Phi) is 3.75. The SMILES string of the molecule is Fc1ccc(CC2CCc3ccccc3C2Cl)c(F)c1. The molecule has 0 N–H and O–H groups in total. The van der Waals surface area contributed by atoms with Crippen molar-refractivity contribution >= 4 is 11.6 Å². The number of benzene rings is 2. The molecule has 20 heavy (non-hydrogen) atoms. The summed E-state index contributed by atoms with van der Waals surface area (Å²) in [5, 5.41) is -0.107. The molecule has 2 aromatic rings. The smallest absolute Gasteiger partial charge is 0.129 e. The predicted molar refractivity (Wildman–Crippen MR) is 76.9 cm³/mol. The maximum absolute atomic E-state index is 13.7. The second kappa shape index (κ2) is 5.53. The zero-order chi connectivity index (χ0) is 14.1. The van der Waals surface area contributed by atoms with Crippen LogP contribution in [0, 0.1) is 17.6 Å². The molecule has 2 atom stereocenters. The molecule has 2 aromatic carbocycles. The summed E-state index contributed by atoms with van der Waals surface area (Å²) in [6.45, 7) is 0. The minimum Gasteiger partial charge on any atom is -0.207 e. The third-order valence-electron chi connectivity index (χ3n) is 4.05. The van der Waals surface area contributed by atoms with Crippen LogP contribution in [0.4, 0.5) is 8.78 Å². The highest BCUT2D eigenvalue weighted by Crippen LogP contribution is 2.40. The van der Waals surface area contributed by atoms with E-state index in [1.165, 1.54) is 17.7 Å². The van der Waals surface area contributed by atoms with E-state index in [4.69, 9.17) is 11.6 Å². The van der Waals surface area contributed by atoms with Crippen molar-refractivity contribution < 1.29 is 8.78 Å². The summed E-state index contributed by atoms with van der Waals surface area (Å²) < 4.78 is 26.7. The highest BCUT2D eigenvalue weighted by Gasteiger charge is 2.28. The first-order valence-corrected chi connectivity index (χ1v) is 7.24. The third kappa shape index (κ3) is 2.57. The first-order valence-electron chi connectivity index (χ1n) is 6.81. The van der Waals surface area contributed by atoms with Crippen LogP contribution >= 0.6 is 11.6 Å². The van der Waals surface area contributed by atoms with E-state index < -0.39 is 11.6 Å². The average Bonchev–Trinajstić information content (AvgIpc) is 2.45. The number of fused-ring (bicyclic) bond motifs is 1. The van der Waals surface area contributed by atoms with Crippen LogP contribution in [-0.2, 0) is 12.8 Å². The van der Waals surface area contributed by atoms with Gasteiger partial charge in [-0.2, -0.15) is 0 Å². The lowest BCUT2D eigenvalue weighted by molar-refractivity contribution is 0.432. The molecule has 104 valence electrons. The fraction of sp³-hybridized carbons (Fsp3) is 0.294. The van der Waals surface area contributed by atoms with Crippen LogP contribution in [-0.4, -0.2) is 0 Å². The van der Waals surface area contributed by atoms with Crippen molar-refractivity contribution in [3.8, 4) is 0 Å². The van der Waals surface area contributed by atoms with Crippen LogP contribution in [0.5, 0.6) is 0 Å². The van der Waals surface area contributed by atoms with Gasteiger partial charge < -0.3 is 0 Å². The van der Waals surface area contributed by atoms with Gasteiger partial charge in [-0.15, -0.1) is 11.6 Å². The van der Waals surface area contributed by atoms with Crippen LogP contribution in [0.1, 0.15) is 28.5 Å². The molecule has 0 nitrogen and oxygen atoms in total. The molecule has 0 spiro atoms. The van der Waals surface area contributed by atoms with E-state index in [1.54, 1.807) is 0 Å². The molecule has 3 rings (SSSR count). The van der Waals surface area contributed by atoms with Crippen LogP contribution in [0.15, 0.2) is 42.5 Å². The fourth-order valence-electron chi connectivity index (χ4n) is 2.95. The van der Waals surface area contributed by atoms with E-state index >= 15 is 0 Å². The summed E-state index contributed by atoms with van der Waals surface area (Å²) in [6.07, 6.45) is 2.45. The van der Waals surface area contributed by atoms with Gasteiger partial charge in [0.15, 0.2) is 0 Å². The van der Waals surface area contributed by atoms with Crippen molar-refractivity contribution in [1.82, 2.24) is 0 Å². The highest BCUT2D eigenvalue weighted by molar-refractivity contribution is 6.21. The molecule has 0 saturated carbocycles. The molecule has 3 heteroatoms. The van der Waals surface area contributed by atoms with E-state index in [2.05, 4.69) is 6.07 Å². The Hall–Kier alpha value is -1.41. The van der Waals surface area contributed by atoms with Gasteiger partial charge in [0.25, 0.3) is 0 Å². The zero-order valence-electron chi connectivity index (χ0n) is 11.0. The zero-order valence-corrected chi connectivity index (χ0v) is 11.7. The van der Waals surface area contributed by atoms with Gasteiger partial charge in [-0.05, 0) is 47.9 Å². The molecule has 2 unspecified atom stereocenters. The maximum Gasteiger partial charge on any atom is 0.129 e. The number of halogens is 3. The molecule has 0 heterocycles. The van der Waals surface area contributed by atoms with Gasteiger partial charge in [-0.25, -0.2) is 8.78 Å². The predicted octanol–water partition coefficient (Wildman–Crippen LogP) is 5.05. The molecule has 0 aliphatic heterocycles. The first-order chi connectivity index (χ1) is 9.65. The Morgan fingerprint density at radius 3 is 2.70 bits per heavy atom. The van der Waals surface area contributed by atoms with Crippen molar-refractivity contribution in [2.45, 2.75) is 24.6 Å². The summed E-state index contributed by atoms with van der Waals surface area (Å²) in [4.78, 5) is 0. The molecular weight excluding hydrogens is 278 g/mol. The van der Waals surface area contributed by atoms with E-state index in [0.29, 0.717) is 12.0 Å². The van der Waals surface area contributed by atoms with Gasteiger partial charge >= 0.3 is 0 Å². The minimum absolute atomic E-state index is 0.107. The van der Waals surface area contributed by atoms with Crippen LogP contribution < -0.4 is 0 Å².